The van der Waals surface area contributed by atoms with Crippen molar-refractivity contribution in [1.29, 1.82) is 0 Å². The normalized spacial score (nSPS) is 14.6. The summed E-state index contributed by atoms with van der Waals surface area (Å²) in [5.41, 5.74) is 20.0. The molecule has 10 aromatic rings. The largest absolute Gasteiger partial charge is 0.456 e. The van der Waals surface area contributed by atoms with Gasteiger partial charge in [0.25, 0.3) is 0 Å². The van der Waals surface area contributed by atoms with Crippen molar-refractivity contribution in [3.63, 3.8) is 0 Å². The van der Waals surface area contributed by atoms with Crippen molar-refractivity contribution in [1.82, 2.24) is 9.55 Å². The second-order valence-corrected chi connectivity index (χ2v) is 14.8. The van der Waals surface area contributed by atoms with Crippen LogP contribution >= 0.6 is 0 Å². The number of fused-ring (bicyclic) bond motifs is 10. The minimum Gasteiger partial charge on any atom is -0.456 e. The number of furan rings is 2. The van der Waals surface area contributed by atoms with E-state index in [9.17, 15) is 0 Å². The van der Waals surface area contributed by atoms with Crippen molar-refractivity contribution in [2.24, 2.45) is 0 Å². The van der Waals surface area contributed by atoms with Gasteiger partial charge in [-0.1, -0.05) is 96.0 Å². The fourth-order valence-corrected chi connectivity index (χ4v) is 10.0. The van der Waals surface area contributed by atoms with E-state index < -0.39 is 0 Å². The van der Waals surface area contributed by atoms with Gasteiger partial charge < -0.3 is 8.83 Å². The van der Waals surface area contributed by atoms with Crippen LogP contribution in [0.5, 0.6) is 0 Å². The average molecular weight is 667 g/mol. The second-order valence-electron chi connectivity index (χ2n) is 14.8. The number of hydrogen-bond acceptors (Lipinski definition) is 3. The Bertz CT molecular complexity index is 3170. The van der Waals surface area contributed by atoms with Crippen molar-refractivity contribution < 1.29 is 8.83 Å². The van der Waals surface area contributed by atoms with Gasteiger partial charge >= 0.3 is 0 Å². The molecule has 1 unspecified atom stereocenters. The Morgan fingerprint density at radius 1 is 0.596 bits per heavy atom. The number of benzene rings is 7. The van der Waals surface area contributed by atoms with Crippen LogP contribution in [-0.4, -0.2) is 16.3 Å². The smallest absolute Gasteiger partial charge is 0.247 e. The first-order chi connectivity index (χ1) is 25.5. The molecule has 5 heterocycles. The molecule has 0 fully saturated rings. The zero-order valence-electron chi connectivity index (χ0n) is 29.0. The van der Waals surface area contributed by atoms with E-state index in [2.05, 4.69) is 141 Å². The van der Waals surface area contributed by atoms with Crippen LogP contribution in [0.15, 0.2) is 136 Å². The summed E-state index contributed by atoms with van der Waals surface area (Å²) in [6.45, 7) is 6.79. The minimum absolute atomic E-state index is 0.0208. The summed E-state index contributed by atoms with van der Waals surface area (Å²) < 4.78 is 15.4. The van der Waals surface area contributed by atoms with E-state index in [1.165, 1.54) is 60.8 Å². The highest BCUT2D eigenvalue weighted by atomic mass is 16.3. The quantitative estimate of drug-likeness (QED) is 0.173. The Kier molecular flexibility index (Phi) is 5.42. The van der Waals surface area contributed by atoms with Gasteiger partial charge in [0.2, 0.25) is 6.71 Å². The molecule has 0 spiro atoms. The summed E-state index contributed by atoms with van der Waals surface area (Å²) in [5.74, 6) is 0.984. The molecule has 5 heteroatoms. The monoisotopic (exact) mass is 666 g/mol. The van der Waals surface area contributed by atoms with Gasteiger partial charge in [0.1, 0.15) is 28.2 Å². The maximum atomic E-state index is 6.60. The first-order valence-corrected chi connectivity index (χ1v) is 18.1. The van der Waals surface area contributed by atoms with Crippen LogP contribution in [0.3, 0.4) is 0 Å². The molecule has 4 nitrogen and oxygen atoms in total. The van der Waals surface area contributed by atoms with E-state index in [1.54, 1.807) is 0 Å². The van der Waals surface area contributed by atoms with Gasteiger partial charge in [-0.3, -0.25) is 4.57 Å². The number of imidazole rings is 1. The average Bonchev–Trinajstić information content (AvgIpc) is 3.85. The maximum Gasteiger partial charge on any atom is 0.247 e. The van der Waals surface area contributed by atoms with Crippen LogP contribution in [0.1, 0.15) is 39.3 Å². The SMILES string of the molecule is Cc1cc(C)c(C2c3cc4c(cc3B3c5c2cccc5-n2c(-c5cccc6oc7ccccc7c56)nc5cccc3c52)oc2ccccc24)c(C)c1. The Balaban J connectivity index is 1.23. The van der Waals surface area contributed by atoms with Crippen LogP contribution in [-0.2, 0) is 0 Å². The van der Waals surface area contributed by atoms with Gasteiger partial charge in [0.15, 0.2) is 0 Å². The van der Waals surface area contributed by atoms with Crippen molar-refractivity contribution in [2.45, 2.75) is 26.7 Å². The molecule has 52 heavy (non-hydrogen) atoms. The van der Waals surface area contributed by atoms with Gasteiger partial charge in [0, 0.05) is 38.7 Å². The third kappa shape index (κ3) is 3.55. The molecule has 0 N–H and O–H groups in total. The van der Waals surface area contributed by atoms with Gasteiger partial charge in [0.05, 0.1) is 11.0 Å². The van der Waals surface area contributed by atoms with E-state index in [-0.39, 0.29) is 12.6 Å². The summed E-state index contributed by atoms with van der Waals surface area (Å²) in [6.07, 6.45) is 0. The lowest BCUT2D eigenvalue weighted by atomic mass is 9.31. The van der Waals surface area contributed by atoms with Crippen LogP contribution in [0.2, 0.25) is 0 Å². The molecule has 0 saturated carbocycles. The zero-order valence-corrected chi connectivity index (χ0v) is 29.0. The Morgan fingerprint density at radius 2 is 1.31 bits per heavy atom. The molecule has 0 radical (unpaired) electrons. The Hall–Kier alpha value is -6.33. The molecule has 0 amide bonds. The van der Waals surface area contributed by atoms with E-state index >= 15 is 0 Å². The topological polar surface area (TPSA) is 44.1 Å². The van der Waals surface area contributed by atoms with E-state index in [1.807, 2.05) is 12.1 Å². The Labute approximate surface area is 300 Å². The summed E-state index contributed by atoms with van der Waals surface area (Å²) in [5, 5.41) is 4.53. The van der Waals surface area contributed by atoms with Crippen molar-refractivity contribution in [2.75, 3.05) is 0 Å². The molecule has 2 aliphatic rings. The van der Waals surface area contributed by atoms with Gasteiger partial charge in [-0.05, 0) is 102 Å². The Morgan fingerprint density at radius 3 is 2.15 bits per heavy atom. The molecular formula is C47H31BN2O2. The highest BCUT2D eigenvalue weighted by molar-refractivity contribution is 6.99. The summed E-state index contributed by atoms with van der Waals surface area (Å²) in [4.78, 5) is 5.46. The number of para-hydroxylation sites is 3. The molecule has 0 bridgehead atoms. The first-order valence-electron chi connectivity index (χ1n) is 18.1. The third-order valence-corrected chi connectivity index (χ3v) is 11.9. The molecule has 0 aliphatic carbocycles. The lowest BCUT2D eigenvalue weighted by molar-refractivity contribution is 0.668. The summed E-state index contributed by atoms with van der Waals surface area (Å²) in [6, 6.07) is 46.2. The van der Waals surface area contributed by atoms with E-state index in [0.29, 0.717) is 0 Å². The number of rotatable bonds is 2. The van der Waals surface area contributed by atoms with Crippen molar-refractivity contribution in [3.8, 4) is 17.1 Å². The maximum absolute atomic E-state index is 6.60. The van der Waals surface area contributed by atoms with Crippen molar-refractivity contribution in [3.05, 3.63) is 161 Å². The highest BCUT2D eigenvalue weighted by Gasteiger charge is 2.44. The van der Waals surface area contributed by atoms with Gasteiger partial charge in [-0.15, -0.1) is 0 Å². The molecule has 3 aromatic heterocycles. The molecule has 12 rings (SSSR count). The molecule has 7 aromatic carbocycles. The van der Waals surface area contributed by atoms with Crippen LogP contribution < -0.4 is 16.4 Å². The van der Waals surface area contributed by atoms with Crippen LogP contribution in [0.25, 0.3) is 72.0 Å². The van der Waals surface area contributed by atoms with E-state index in [4.69, 9.17) is 13.8 Å². The van der Waals surface area contributed by atoms with Gasteiger partial charge in [-0.25, -0.2) is 4.98 Å². The first kappa shape index (κ1) is 28.4. The van der Waals surface area contributed by atoms with Crippen molar-refractivity contribution >= 4 is 78.0 Å². The zero-order chi connectivity index (χ0) is 34.4. The highest BCUT2D eigenvalue weighted by Crippen LogP contribution is 2.44. The minimum atomic E-state index is 0.0208. The fraction of sp³-hybridized carbons (Fsp3) is 0.0851. The summed E-state index contributed by atoms with van der Waals surface area (Å²) in [7, 11) is 0. The molecule has 2 aliphatic heterocycles. The third-order valence-electron chi connectivity index (χ3n) is 11.9. The van der Waals surface area contributed by atoms with Crippen LogP contribution in [0, 0.1) is 20.8 Å². The molecule has 0 saturated heterocycles. The number of aryl methyl sites for hydroxylation is 3. The number of nitrogens with zero attached hydrogens (tertiary/aromatic N) is 2. The number of aromatic nitrogens is 2. The standard InChI is InChI=1S/C47H31BN2O2/c1-25-21-26(2)42(27(3)22-25)44-30-13-8-17-37-45(30)48(35-24-41-32(23-33(35)44)28-11-4-6-18-38(28)52-41)34-15-10-16-36-46(34)50(37)47(49-36)31-14-9-20-40-43(31)29-12-5-7-19-39(29)51-40/h4-24,44H,1-3H3. The van der Waals surface area contributed by atoms with E-state index in [0.717, 1.165) is 60.9 Å². The second kappa shape index (κ2) is 9.92. The lowest BCUT2D eigenvalue weighted by Crippen LogP contribution is -2.61. The number of hydrogen-bond donors (Lipinski definition) is 0. The van der Waals surface area contributed by atoms with Crippen LogP contribution in [0.4, 0.5) is 0 Å². The lowest BCUT2D eigenvalue weighted by Gasteiger charge is -2.38. The summed E-state index contributed by atoms with van der Waals surface area (Å²) >= 11 is 0. The predicted octanol–water partition coefficient (Wildman–Crippen LogP) is 9.74. The fourth-order valence-electron chi connectivity index (χ4n) is 10.0. The van der Waals surface area contributed by atoms with Gasteiger partial charge in [-0.2, -0.15) is 0 Å². The molecular weight excluding hydrogens is 635 g/mol. The molecule has 1 atom stereocenters. The molecule has 244 valence electrons. The predicted molar refractivity (Wildman–Crippen MR) is 214 cm³/mol.